The molecule has 1 heterocycles. The highest BCUT2D eigenvalue weighted by molar-refractivity contribution is 7.20. The molecule has 0 nitrogen and oxygen atoms in total. The van der Waals surface area contributed by atoms with Crippen LogP contribution < -0.4 is 0 Å². The number of fused-ring (bicyclic) bond motifs is 15. The summed E-state index contributed by atoms with van der Waals surface area (Å²) in [6, 6.07) is 71.3. The first-order chi connectivity index (χ1) is 28.0. The zero-order chi connectivity index (χ0) is 37.9. The lowest BCUT2D eigenvalue weighted by molar-refractivity contribution is 0.658. The maximum absolute atomic E-state index is 2.52. The second-order valence-corrected chi connectivity index (χ2v) is 17.8. The molecule has 1 spiro atoms. The van der Waals surface area contributed by atoms with Crippen molar-refractivity contribution >= 4 is 21.4 Å². The Kier molecular flexibility index (Phi) is 6.99. The van der Waals surface area contributed by atoms with E-state index in [4.69, 9.17) is 0 Å². The number of rotatable bonds is 5. The van der Waals surface area contributed by atoms with Crippen molar-refractivity contribution in [3.63, 3.8) is 0 Å². The van der Waals surface area contributed by atoms with Crippen LogP contribution in [0.15, 0.2) is 188 Å². The Hall–Kier alpha value is -6.28. The molecule has 9 aromatic rings. The van der Waals surface area contributed by atoms with Gasteiger partial charge in [-0.2, -0.15) is 0 Å². The molecule has 270 valence electrons. The Morgan fingerprint density at radius 3 is 1.82 bits per heavy atom. The predicted octanol–water partition coefficient (Wildman–Crippen LogP) is 14.6. The van der Waals surface area contributed by atoms with Gasteiger partial charge in [0.05, 0.1) is 5.41 Å². The zero-order valence-electron chi connectivity index (χ0n) is 32.1. The van der Waals surface area contributed by atoms with Crippen LogP contribution in [0.3, 0.4) is 0 Å². The van der Waals surface area contributed by atoms with Crippen LogP contribution in [0.25, 0.3) is 54.6 Å². The van der Waals surface area contributed by atoms with Crippen molar-refractivity contribution in [3.8, 4) is 44.5 Å². The average molecular weight is 745 g/mol. The number of hydrogen-bond donors (Lipinski definition) is 0. The predicted molar refractivity (Wildman–Crippen MR) is 240 cm³/mol. The zero-order valence-corrected chi connectivity index (χ0v) is 32.9. The van der Waals surface area contributed by atoms with Gasteiger partial charge >= 0.3 is 0 Å². The molecule has 0 saturated heterocycles. The largest absolute Gasteiger partial charge is 0.138 e. The minimum atomic E-state index is -0.372. The summed E-state index contributed by atoms with van der Waals surface area (Å²) >= 11 is 1.98. The summed E-state index contributed by atoms with van der Waals surface area (Å²) in [7, 11) is 0. The topological polar surface area (TPSA) is 0 Å². The summed E-state index contributed by atoms with van der Waals surface area (Å²) in [5, 5.41) is 1.36. The molecule has 0 bridgehead atoms. The van der Waals surface area contributed by atoms with E-state index in [2.05, 4.69) is 202 Å². The van der Waals surface area contributed by atoms with Gasteiger partial charge in [-0.3, -0.25) is 0 Å². The molecule has 0 N–H and O–H groups in total. The normalized spacial score (nSPS) is 16.8. The fourth-order valence-corrected chi connectivity index (χ4v) is 12.4. The Morgan fingerprint density at radius 2 is 1.05 bits per heavy atom. The van der Waals surface area contributed by atoms with Crippen molar-refractivity contribution in [1.29, 1.82) is 0 Å². The molecule has 2 atom stereocenters. The van der Waals surface area contributed by atoms with E-state index in [1.54, 1.807) is 0 Å². The van der Waals surface area contributed by atoms with E-state index in [9.17, 15) is 0 Å². The first-order valence-corrected chi connectivity index (χ1v) is 21.1. The van der Waals surface area contributed by atoms with Crippen molar-refractivity contribution in [2.75, 3.05) is 0 Å². The van der Waals surface area contributed by atoms with E-state index in [0.717, 1.165) is 6.42 Å². The molecular weight excluding hydrogens is 705 g/mol. The molecule has 1 aromatic heterocycles. The van der Waals surface area contributed by atoms with Crippen molar-refractivity contribution in [2.45, 2.75) is 37.0 Å². The van der Waals surface area contributed by atoms with Gasteiger partial charge < -0.3 is 0 Å². The molecule has 8 aromatic carbocycles. The minimum Gasteiger partial charge on any atom is -0.138 e. The molecule has 3 aliphatic rings. The highest BCUT2D eigenvalue weighted by Crippen LogP contribution is 2.66. The van der Waals surface area contributed by atoms with Crippen LogP contribution in [0.1, 0.15) is 69.2 Å². The number of thiophene rings is 1. The van der Waals surface area contributed by atoms with E-state index in [1.807, 2.05) is 11.3 Å². The summed E-state index contributed by atoms with van der Waals surface area (Å²) in [6.07, 6.45) is 0.904. The molecule has 3 aliphatic carbocycles. The van der Waals surface area contributed by atoms with E-state index in [0.29, 0.717) is 0 Å². The third-order valence-corrected chi connectivity index (χ3v) is 14.8. The summed E-state index contributed by atoms with van der Waals surface area (Å²) in [5.41, 5.74) is 21.6. The average Bonchev–Trinajstić information content (AvgIpc) is 3.95. The Balaban J connectivity index is 1.08. The third kappa shape index (κ3) is 4.49. The Morgan fingerprint density at radius 1 is 0.456 bits per heavy atom. The van der Waals surface area contributed by atoms with Crippen molar-refractivity contribution in [3.05, 3.63) is 237 Å². The lowest BCUT2D eigenvalue weighted by Crippen LogP contribution is -2.25. The lowest BCUT2D eigenvalue weighted by Gasteiger charge is -2.30. The molecule has 0 aliphatic heterocycles. The molecule has 1 heteroatoms. The first kappa shape index (κ1) is 32.9. The van der Waals surface area contributed by atoms with Crippen LogP contribution in [-0.2, 0) is 17.3 Å². The summed E-state index contributed by atoms with van der Waals surface area (Å²) in [5.74, 6) is 0.136. The monoisotopic (exact) mass is 744 g/mol. The van der Waals surface area contributed by atoms with Crippen molar-refractivity contribution in [1.82, 2.24) is 0 Å². The smallest absolute Gasteiger partial charge is 0.0819 e. The van der Waals surface area contributed by atoms with Gasteiger partial charge in [0.15, 0.2) is 0 Å². The molecule has 0 saturated carbocycles. The quantitative estimate of drug-likeness (QED) is 0.165. The summed E-state index contributed by atoms with van der Waals surface area (Å²) < 4.78 is 1.36. The minimum absolute atomic E-state index is 0.0497. The maximum atomic E-state index is 2.52. The van der Waals surface area contributed by atoms with Gasteiger partial charge in [-0.05, 0) is 95.9 Å². The molecular formula is C56H40S. The van der Waals surface area contributed by atoms with E-state index in [-0.39, 0.29) is 16.7 Å². The maximum Gasteiger partial charge on any atom is 0.0819 e. The molecule has 0 amide bonds. The fourth-order valence-electron chi connectivity index (χ4n) is 11.0. The SMILES string of the molecule is CC1(C)c2ccccc2-c2ccc(CC(c3ccc(-c4ccccc4)cc3)c3cccc4c3-c3ccccc3C43c4ccccc4-c4c3sc3ccccc43)cc21. The highest BCUT2D eigenvalue weighted by Gasteiger charge is 2.54. The van der Waals surface area contributed by atoms with Gasteiger partial charge in [0.25, 0.3) is 0 Å². The van der Waals surface area contributed by atoms with E-state index >= 15 is 0 Å². The van der Waals surface area contributed by atoms with Gasteiger partial charge in [0, 0.05) is 31.9 Å². The van der Waals surface area contributed by atoms with Gasteiger partial charge in [-0.15, -0.1) is 11.3 Å². The van der Waals surface area contributed by atoms with Crippen LogP contribution in [0.2, 0.25) is 0 Å². The fraction of sp³-hybridized carbons (Fsp3) is 0.107. The van der Waals surface area contributed by atoms with Crippen LogP contribution in [0.4, 0.5) is 0 Å². The Bertz CT molecular complexity index is 3070. The van der Waals surface area contributed by atoms with Gasteiger partial charge in [0.1, 0.15) is 0 Å². The van der Waals surface area contributed by atoms with Crippen LogP contribution in [0, 0.1) is 0 Å². The van der Waals surface area contributed by atoms with Gasteiger partial charge in [0.2, 0.25) is 0 Å². The van der Waals surface area contributed by atoms with Gasteiger partial charge in [-0.1, -0.05) is 196 Å². The second kappa shape index (κ2) is 12.1. The van der Waals surface area contributed by atoms with E-state index in [1.165, 1.54) is 104 Å². The summed E-state index contributed by atoms with van der Waals surface area (Å²) in [4.78, 5) is 1.46. The van der Waals surface area contributed by atoms with E-state index < -0.39 is 0 Å². The summed E-state index contributed by atoms with van der Waals surface area (Å²) in [6.45, 7) is 4.78. The number of hydrogen-bond acceptors (Lipinski definition) is 1. The molecule has 12 rings (SSSR count). The molecule has 0 fully saturated rings. The Labute approximate surface area is 338 Å². The first-order valence-electron chi connectivity index (χ1n) is 20.3. The standard InChI is InChI=1S/C56H40S/c1-55(2)46-22-10-6-17-39(46)40-32-27-35(34-50(40)55)33-45(38-30-28-37(29-31-38)36-15-4-3-5-16-36)41-21-14-25-49-52(41)42-18-7-11-23-47(42)56(49)48-24-12-8-19-43(48)53-44-20-9-13-26-51(44)57-54(53)56/h3-32,34,45H,33H2,1-2H3. The third-order valence-electron chi connectivity index (χ3n) is 13.5. The van der Waals surface area contributed by atoms with Crippen molar-refractivity contribution in [2.24, 2.45) is 0 Å². The highest BCUT2D eigenvalue weighted by atomic mass is 32.1. The van der Waals surface area contributed by atoms with Crippen LogP contribution >= 0.6 is 11.3 Å². The number of benzene rings is 8. The molecule has 2 unspecified atom stereocenters. The molecule has 57 heavy (non-hydrogen) atoms. The second-order valence-electron chi connectivity index (χ2n) is 16.7. The van der Waals surface area contributed by atoms with Crippen LogP contribution in [0.5, 0.6) is 0 Å². The lowest BCUT2D eigenvalue weighted by atomic mass is 9.73. The van der Waals surface area contributed by atoms with Crippen LogP contribution in [-0.4, -0.2) is 0 Å². The molecule has 0 radical (unpaired) electrons. The van der Waals surface area contributed by atoms with Crippen molar-refractivity contribution < 1.29 is 0 Å². The van der Waals surface area contributed by atoms with Gasteiger partial charge in [-0.25, -0.2) is 0 Å².